The van der Waals surface area contributed by atoms with E-state index < -0.39 is 11.1 Å². The maximum atomic E-state index is 10.5. The second-order valence-electron chi connectivity index (χ2n) is 2.67. The second-order valence-corrected chi connectivity index (χ2v) is 3.60. The maximum Gasteiger partial charge on any atom is 0.157 e. The van der Waals surface area contributed by atoms with Crippen molar-refractivity contribution >= 4 is 16.8 Å². The zero-order valence-corrected chi connectivity index (χ0v) is 7.60. The van der Waals surface area contributed by atoms with Crippen molar-refractivity contribution in [1.29, 1.82) is 0 Å². The largest absolute Gasteiger partial charge is 0.398 e. The summed E-state index contributed by atoms with van der Waals surface area (Å²) >= 11 is -1.81. The molecule has 0 aliphatic carbocycles. The van der Waals surface area contributed by atoms with E-state index in [9.17, 15) is 4.21 Å². The van der Waals surface area contributed by atoms with Crippen LogP contribution in [0.25, 0.3) is 0 Å². The van der Waals surface area contributed by atoms with Crippen LogP contribution in [0.5, 0.6) is 0 Å². The van der Waals surface area contributed by atoms with Crippen LogP contribution in [0.1, 0.15) is 11.1 Å². The van der Waals surface area contributed by atoms with Crippen LogP contribution < -0.4 is 5.73 Å². The van der Waals surface area contributed by atoms with Crippen LogP contribution in [0, 0.1) is 6.92 Å². The SMILES string of the molecule is Cc1ccc(CS(=O)O)c(N)c1. The molecule has 4 heteroatoms. The van der Waals surface area contributed by atoms with Gasteiger partial charge in [-0.15, -0.1) is 0 Å². The molecule has 3 N–H and O–H groups in total. The summed E-state index contributed by atoms with van der Waals surface area (Å²) < 4.78 is 19.1. The summed E-state index contributed by atoms with van der Waals surface area (Å²) in [5, 5.41) is 0. The van der Waals surface area contributed by atoms with Crippen molar-refractivity contribution in [2.75, 3.05) is 5.73 Å². The molecule has 3 nitrogen and oxygen atoms in total. The molecule has 66 valence electrons. The molecule has 1 aromatic carbocycles. The Hall–Kier alpha value is -0.870. The van der Waals surface area contributed by atoms with Crippen molar-refractivity contribution in [2.45, 2.75) is 12.7 Å². The van der Waals surface area contributed by atoms with E-state index in [1.807, 2.05) is 13.0 Å². The number of aryl methyl sites for hydroxylation is 1. The Morgan fingerprint density at radius 1 is 1.58 bits per heavy atom. The number of nitrogen functional groups attached to an aromatic ring is 1. The minimum absolute atomic E-state index is 0.103. The molecule has 1 unspecified atom stereocenters. The van der Waals surface area contributed by atoms with Crippen LogP contribution in [-0.4, -0.2) is 8.76 Å². The van der Waals surface area contributed by atoms with Crippen molar-refractivity contribution in [3.05, 3.63) is 29.3 Å². The minimum atomic E-state index is -1.81. The van der Waals surface area contributed by atoms with E-state index in [1.54, 1.807) is 12.1 Å². The lowest BCUT2D eigenvalue weighted by molar-refractivity contribution is 0.563. The Labute approximate surface area is 73.9 Å². The Kier molecular flexibility index (Phi) is 2.83. The van der Waals surface area contributed by atoms with Gasteiger partial charge in [0, 0.05) is 5.69 Å². The maximum absolute atomic E-state index is 10.5. The zero-order valence-electron chi connectivity index (χ0n) is 6.78. The smallest absolute Gasteiger partial charge is 0.157 e. The molecule has 0 saturated heterocycles. The molecular formula is C8H11NO2S. The molecule has 0 fully saturated rings. The lowest BCUT2D eigenvalue weighted by Crippen LogP contribution is -1.98. The number of anilines is 1. The number of hydrogen-bond acceptors (Lipinski definition) is 2. The first-order valence-electron chi connectivity index (χ1n) is 3.52. The molecule has 1 rings (SSSR count). The Morgan fingerprint density at radius 2 is 2.25 bits per heavy atom. The van der Waals surface area contributed by atoms with Gasteiger partial charge < -0.3 is 10.3 Å². The van der Waals surface area contributed by atoms with Crippen molar-refractivity contribution in [3.8, 4) is 0 Å². The summed E-state index contributed by atoms with van der Waals surface area (Å²) in [6.45, 7) is 1.93. The van der Waals surface area contributed by atoms with Gasteiger partial charge in [0.25, 0.3) is 0 Å². The van der Waals surface area contributed by atoms with Gasteiger partial charge in [-0.2, -0.15) is 0 Å². The molecule has 0 amide bonds. The average Bonchev–Trinajstić information content (AvgIpc) is 1.94. The highest BCUT2D eigenvalue weighted by Gasteiger charge is 2.01. The van der Waals surface area contributed by atoms with Crippen LogP contribution in [-0.2, 0) is 16.8 Å². The van der Waals surface area contributed by atoms with Gasteiger partial charge in [-0.1, -0.05) is 12.1 Å². The normalized spacial score (nSPS) is 12.8. The van der Waals surface area contributed by atoms with Gasteiger partial charge in [0.1, 0.15) is 0 Å². The third-order valence-corrected chi connectivity index (χ3v) is 2.14. The van der Waals surface area contributed by atoms with Gasteiger partial charge in [0.05, 0.1) is 5.75 Å². The van der Waals surface area contributed by atoms with Crippen molar-refractivity contribution in [1.82, 2.24) is 0 Å². The molecular weight excluding hydrogens is 174 g/mol. The number of benzene rings is 1. The fourth-order valence-electron chi connectivity index (χ4n) is 0.979. The van der Waals surface area contributed by atoms with Gasteiger partial charge in [-0.05, 0) is 24.1 Å². The first-order chi connectivity index (χ1) is 5.59. The highest BCUT2D eigenvalue weighted by atomic mass is 32.2. The first kappa shape index (κ1) is 9.22. The number of hydrogen-bond donors (Lipinski definition) is 2. The topological polar surface area (TPSA) is 63.3 Å². The zero-order chi connectivity index (χ0) is 9.14. The Bertz CT molecular complexity index is 312. The van der Waals surface area contributed by atoms with Crippen LogP contribution in [0.3, 0.4) is 0 Å². The average molecular weight is 185 g/mol. The van der Waals surface area contributed by atoms with Gasteiger partial charge >= 0.3 is 0 Å². The molecule has 1 aromatic rings. The van der Waals surface area contributed by atoms with Gasteiger partial charge in [0.2, 0.25) is 0 Å². The highest BCUT2D eigenvalue weighted by Crippen LogP contribution is 2.14. The minimum Gasteiger partial charge on any atom is -0.398 e. The van der Waals surface area contributed by atoms with Crippen LogP contribution in [0.15, 0.2) is 18.2 Å². The summed E-state index contributed by atoms with van der Waals surface area (Å²) in [6.07, 6.45) is 0. The van der Waals surface area contributed by atoms with Crippen molar-refractivity contribution in [3.63, 3.8) is 0 Å². The Morgan fingerprint density at radius 3 is 2.75 bits per heavy atom. The molecule has 0 aliphatic heterocycles. The van der Waals surface area contributed by atoms with E-state index in [0.717, 1.165) is 11.1 Å². The first-order valence-corrected chi connectivity index (χ1v) is 4.79. The Balaban J connectivity index is 2.93. The van der Waals surface area contributed by atoms with Gasteiger partial charge in [-0.3, -0.25) is 0 Å². The van der Waals surface area contributed by atoms with Gasteiger partial charge in [-0.25, -0.2) is 4.21 Å². The van der Waals surface area contributed by atoms with Crippen LogP contribution in [0.2, 0.25) is 0 Å². The van der Waals surface area contributed by atoms with Crippen molar-refractivity contribution < 1.29 is 8.76 Å². The lowest BCUT2D eigenvalue weighted by atomic mass is 10.1. The summed E-state index contributed by atoms with van der Waals surface area (Å²) in [5.74, 6) is 0.103. The fraction of sp³-hybridized carbons (Fsp3) is 0.250. The van der Waals surface area contributed by atoms with Crippen molar-refractivity contribution in [2.24, 2.45) is 0 Å². The van der Waals surface area contributed by atoms with Gasteiger partial charge in [0.15, 0.2) is 11.1 Å². The van der Waals surface area contributed by atoms with Crippen LogP contribution in [0.4, 0.5) is 5.69 Å². The molecule has 0 aromatic heterocycles. The molecule has 0 bridgehead atoms. The predicted octanol–water partition coefficient (Wildman–Crippen LogP) is 1.30. The molecule has 12 heavy (non-hydrogen) atoms. The van der Waals surface area contributed by atoms with E-state index in [2.05, 4.69) is 0 Å². The quantitative estimate of drug-likeness (QED) is 0.539. The highest BCUT2D eigenvalue weighted by molar-refractivity contribution is 7.78. The van der Waals surface area contributed by atoms with E-state index in [0.29, 0.717) is 5.69 Å². The molecule has 0 aliphatic rings. The third kappa shape index (κ3) is 2.32. The summed E-state index contributed by atoms with van der Waals surface area (Å²) in [7, 11) is 0. The third-order valence-electron chi connectivity index (χ3n) is 1.58. The van der Waals surface area contributed by atoms with E-state index in [-0.39, 0.29) is 5.75 Å². The standard InChI is InChI=1S/C8H11NO2S/c1-6-2-3-7(5-12(10)11)8(9)4-6/h2-4H,5,9H2,1H3,(H,10,11). The summed E-state index contributed by atoms with van der Waals surface area (Å²) in [4.78, 5) is 0. The molecule has 0 radical (unpaired) electrons. The second kappa shape index (κ2) is 3.69. The van der Waals surface area contributed by atoms with Crippen LogP contribution >= 0.6 is 0 Å². The number of rotatable bonds is 2. The monoisotopic (exact) mass is 185 g/mol. The molecule has 0 spiro atoms. The lowest BCUT2D eigenvalue weighted by Gasteiger charge is -2.03. The molecule has 0 saturated carbocycles. The summed E-state index contributed by atoms with van der Waals surface area (Å²) in [6, 6.07) is 5.44. The van der Waals surface area contributed by atoms with E-state index in [4.69, 9.17) is 10.3 Å². The van der Waals surface area contributed by atoms with E-state index >= 15 is 0 Å². The fourth-order valence-corrected chi connectivity index (χ4v) is 1.51. The molecule has 1 atom stereocenters. The molecule has 0 heterocycles. The predicted molar refractivity (Wildman–Crippen MR) is 50.1 cm³/mol. The number of nitrogens with two attached hydrogens (primary N) is 1. The summed E-state index contributed by atoms with van der Waals surface area (Å²) in [5.41, 5.74) is 7.98. The van der Waals surface area contributed by atoms with E-state index in [1.165, 1.54) is 0 Å².